The lowest BCUT2D eigenvalue weighted by Crippen LogP contribution is -2.27. The second kappa shape index (κ2) is 7.32. The number of carbonyl (C=O) groups is 1. The van der Waals surface area contributed by atoms with E-state index in [1.807, 2.05) is 30.5 Å². The van der Waals surface area contributed by atoms with Crippen LogP contribution in [0.5, 0.6) is 0 Å². The van der Waals surface area contributed by atoms with E-state index in [0.29, 0.717) is 6.54 Å². The lowest BCUT2D eigenvalue weighted by atomic mass is 10.1. The summed E-state index contributed by atoms with van der Waals surface area (Å²) in [5.41, 5.74) is 3.23. The Morgan fingerprint density at radius 2 is 2.08 bits per heavy atom. The van der Waals surface area contributed by atoms with Crippen LogP contribution < -0.4 is 4.90 Å². The van der Waals surface area contributed by atoms with E-state index in [9.17, 15) is 4.79 Å². The number of carbonyl (C=O) groups excluding carboxylic acids is 1. The minimum atomic E-state index is 0.0258. The third kappa shape index (κ3) is 3.60. The highest BCUT2D eigenvalue weighted by Gasteiger charge is 2.13. The summed E-state index contributed by atoms with van der Waals surface area (Å²) in [7, 11) is 0. The highest BCUT2D eigenvalue weighted by molar-refractivity contribution is 7.98. The van der Waals surface area contributed by atoms with Gasteiger partial charge in [-0.25, -0.2) is 9.97 Å². The van der Waals surface area contributed by atoms with Crippen LogP contribution >= 0.6 is 23.1 Å². The number of anilines is 1. The number of pyridine rings is 1. The highest BCUT2D eigenvalue weighted by Crippen LogP contribution is 2.28. The molecular weight excluding hydrogens is 338 g/mol. The Labute approximate surface area is 149 Å². The molecule has 0 radical (unpaired) electrons. The van der Waals surface area contributed by atoms with Gasteiger partial charge >= 0.3 is 0 Å². The number of benzene rings is 1. The Hall–Kier alpha value is -1.92. The zero-order valence-corrected chi connectivity index (χ0v) is 15.6. The molecule has 0 saturated heterocycles. The maximum atomic E-state index is 11.6. The molecular formula is C18H19N3OS2. The number of thiazole rings is 1. The lowest BCUT2D eigenvalue weighted by Gasteiger charge is -2.14. The molecule has 0 spiro atoms. The van der Waals surface area contributed by atoms with Gasteiger partial charge in [-0.3, -0.25) is 9.69 Å². The fourth-order valence-electron chi connectivity index (χ4n) is 2.52. The van der Waals surface area contributed by atoms with Gasteiger partial charge in [-0.2, -0.15) is 0 Å². The van der Waals surface area contributed by atoms with Gasteiger partial charge < -0.3 is 0 Å². The molecule has 1 amide bonds. The zero-order chi connectivity index (χ0) is 17.1. The number of hydrogen-bond donors (Lipinski definition) is 0. The summed E-state index contributed by atoms with van der Waals surface area (Å²) < 4.78 is 0. The van der Waals surface area contributed by atoms with Crippen LogP contribution in [0.3, 0.4) is 0 Å². The second-order valence-corrected chi connectivity index (χ2v) is 7.30. The number of fused-ring (bicyclic) bond motifs is 1. The molecule has 2 aromatic heterocycles. The summed E-state index contributed by atoms with van der Waals surface area (Å²) >= 11 is 3.18. The summed E-state index contributed by atoms with van der Waals surface area (Å²) in [5.74, 6) is 0.773. The monoisotopic (exact) mass is 357 g/mol. The number of thioether (sulfide) groups is 1. The van der Waals surface area contributed by atoms with Crippen LogP contribution in [0.25, 0.3) is 10.9 Å². The third-order valence-electron chi connectivity index (χ3n) is 3.73. The van der Waals surface area contributed by atoms with Crippen LogP contribution in [0, 0.1) is 6.92 Å². The Bertz CT molecular complexity index is 876. The molecule has 0 atom stereocenters. The van der Waals surface area contributed by atoms with Crippen molar-refractivity contribution in [1.82, 2.24) is 9.97 Å². The molecule has 0 N–H and O–H groups in total. The fourth-order valence-corrected chi connectivity index (χ4v) is 4.42. The molecule has 0 bridgehead atoms. The predicted molar refractivity (Wildman–Crippen MR) is 102 cm³/mol. The van der Waals surface area contributed by atoms with Crippen molar-refractivity contribution in [1.29, 1.82) is 0 Å². The molecule has 4 nitrogen and oxygen atoms in total. The summed E-state index contributed by atoms with van der Waals surface area (Å²) in [6, 6.07) is 10.3. The molecule has 3 rings (SSSR count). The van der Waals surface area contributed by atoms with Gasteiger partial charge in [0.25, 0.3) is 0 Å². The quantitative estimate of drug-likeness (QED) is 0.623. The van der Waals surface area contributed by atoms with E-state index in [4.69, 9.17) is 4.98 Å². The molecule has 0 fully saturated rings. The molecule has 3 aromatic rings. The Balaban J connectivity index is 1.74. The van der Waals surface area contributed by atoms with Crippen LogP contribution in [-0.4, -0.2) is 22.4 Å². The number of para-hydroxylation sites is 1. The van der Waals surface area contributed by atoms with Crippen molar-refractivity contribution < 1.29 is 4.79 Å². The largest absolute Gasteiger partial charge is 0.289 e. The van der Waals surface area contributed by atoms with Crippen molar-refractivity contribution in [3.8, 4) is 0 Å². The van der Waals surface area contributed by atoms with E-state index >= 15 is 0 Å². The molecule has 0 unspecified atom stereocenters. The Kier molecular flexibility index (Phi) is 5.16. The number of aromatic nitrogens is 2. The standard InChI is InChI=1S/C18H19N3OS2/c1-4-21(13(3)22)18-19-14(11-24-18)10-23-17-9-12(2)15-7-5-6-8-16(15)20-17/h5-9,11H,4,10H2,1-3H3. The first-order valence-corrected chi connectivity index (χ1v) is 9.66. The van der Waals surface area contributed by atoms with Crippen LogP contribution in [0.4, 0.5) is 5.13 Å². The molecule has 6 heteroatoms. The van der Waals surface area contributed by atoms with Gasteiger partial charge in [0.05, 0.1) is 16.2 Å². The predicted octanol–water partition coefficient (Wildman–Crippen LogP) is 4.66. The van der Waals surface area contributed by atoms with Crippen molar-refractivity contribution >= 4 is 45.0 Å². The maximum absolute atomic E-state index is 11.6. The van der Waals surface area contributed by atoms with E-state index in [-0.39, 0.29) is 5.91 Å². The minimum absolute atomic E-state index is 0.0258. The maximum Gasteiger partial charge on any atom is 0.225 e. The van der Waals surface area contributed by atoms with Gasteiger partial charge in [-0.1, -0.05) is 30.0 Å². The molecule has 0 aliphatic rings. The fraction of sp³-hybridized carbons (Fsp3) is 0.278. The van der Waals surface area contributed by atoms with E-state index < -0.39 is 0 Å². The molecule has 0 saturated carbocycles. The van der Waals surface area contributed by atoms with Crippen molar-refractivity contribution in [2.24, 2.45) is 0 Å². The SMILES string of the molecule is CCN(C(C)=O)c1nc(CSc2cc(C)c3ccccc3n2)cs1. The lowest BCUT2D eigenvalue weighted by molar-refractivity contribution is -0.116. The molecule has 1 aromatic carbocycles. The van der Waals surface area contributed by atoms with Gasteiger partial charge in [0, 0.05) is 30.0 Å². The number of nitrogens with zero attached hydrogens (tertiary/aromatic N) is 3. The van der Waals surface area contributed by atoms with Crippen LogP contribution in [0.15, 0.2) is 40.7 Å². The van der Waals surface area contributed by atoms with Gasteiger partial charge in [-0.15, -0.1) is 11.3 Å². The van der Waals surface area contributed by atoms with Gasteiger partial charge in [0.2, 0.25) is 5.91 Å². The van der Waals surface area contributed by atoms with E-state index in [1.165, 1.54) is 22.3 Å². The van der Waals surface area contributed by atoms with E-state index in [0.717, 1.165) is 27.1 Å². The molecule has 2 heterocycles. The molecule has 0 aliphatic heterocycles. The van der Waals surface area contributed by atoms with Crippen LogP contribution in [-0.2, 0) is 10.5 Å². The summed E-state index contributed by atoms with van der Waals surface area (Å²) in [4.78, 5) is 22.6. The van der Waals surface area contributed by atoms with Crippen molar-refractivity contribution in [3.63, 3.8) is 0 Å². The number of amides is 1. The Morgan fingerprint density at radius 1 is 1.29 bits per heavy atom. The second-order valence-electron chi connectivity index (χ2n) is 5.47. The number of rotatable bonds is 5. The topological polar surface area (TPSA) is 46.1 Å². The Morgan fingerprint density at radius 3 is 2.83 bits per heavy atom. The van der Waals surface area contributed by atoms with Crippen LogP contribution in [0.1, 0.15) is 25.1 Å². The first-order chi connectivity index (χ1) is 11.6. The first kappa shape index (κ1) is 16.9. The first-order valence-electron chi connectivity index (χ1n) is 7.80. The number of hydrogen-bond acceptors (Lipinski definition) is 5. The third-order valence-corrected chi connectivity index (χ3v) is 5.59. The summed E-state index contributed by atoms with van der Waals surface area (Å²) in [6.45, 7) is 6.28. The molecule has 0 aliphatic carbocycles. The minimum Gasteiger partial charge on any atom is -0.289 e. The highest BCUT2D eigenvalue weighted by atomic mass is 32.2. The van der Waals surface area contributed by atoms with Crippen molar-refractivity contribution in [2.75, 3.05) is 11.4 Å². The zero-order valence-electron chi connectivity index (χ0n) is 13.9. The average molecular weight is 358 g/mol. The van der Waals surface area contributed by atoms with Crippen molar-refractivity contribution in [2.45, 2.75) is 31.6 Å². The molecule has 124 valence electrons. The van der Waals surface area contributed by atoms with Gasteiger partial charge in [0.1, 0.15) is 0 Å². The molecule has 24 heavy (non-hydrogen) atoms. The van der Waals surface area contributed by atoms with Crippen molar-refractivity contribution in [3.05, 3.63) is 47.0 Å². The van der Waals surface area contributed by atoms with Gasteiger partial charge in [-0.05, 0) is 31.5 Å². The summed E-state index contributed by atoms with van der Waals surface area (Å²) in [6.07, 6.45) is 0. The van der Waals surface area contributed by atoms with E-state index in [2.05, 4.69) is 24.0 Å². The normalized spacial score (nSPS) is 11.0. The van der Waals surface area contributed by atoms with Crippen LogP contribution in [0.2, 0.25) is 0 Å². The van der Waals surface area contributed by atoms with Gasteiger partial charge in [0.15, 0.2) is 5.13 Å². The number of aryl methyl sites for hydroxylation is 1. The average Bonchev–Trinajstić information content (AvgIpc) is 3.02. The summed E-state index contributed by atoms with van der Waals surface area (Å²) in [5, 5.41) is 4.97. The smallest absolute Gasteiger partial charge is 0.225 e. The van der Waals surface area contributed by atoms with E-state index in [1.54, 1.807) is 23.6 Å².